The van der Waals surface area contributed by atoms with E-state index in [0.717, 1.165) is 25.8 Å². The van der Waals surface area contributed by atoms with Crippen molar-refractivity contribution in [3.8, 4) is 0 Å². The van der Waals surface area contributed by atoms with Gasteiger partial charge in [-0.25, -0.2) is 0 Å². The van der Waals surface area contributed by atoms with Crippen molar-refractivity contribution in [3.05, 3.63) is 11.7 Å². The van der Waals surface area contributed by atoms with E-state index in [0.29, 0.717) is 12.4 Å². The Hall–Kier alpha value is -1.96. The Labute approximate surface area is 123 Å². The van der Waals surface area contributed by atoms with Crippen LogP contribution in [0.5, 0.6) is 0 Å². The Balaban J connectivity index is 1.91. The third-order valence-electron chi connectivity index (χ3n) is 3.29. The van der Waals surface area contributed by atoms with Gasteiger partial charge in [0.05, 0.1) is 12.6 Å². The molecule has 116 valence electrons. The summed E-state index contributed by atoms with van der Waals surface area (Å²) in [4.78, 5) is 29.1. The van der Waals surface area contributed by atoms with Gasteiger partial charge in [-0.3, -0.25) is 9.59 Å². The zero-order valence-electron chi connectivity index (χ0n) is 12.4. The molecule has 1 aromatic heterocycles. The van der Waals surface area contributed by atoms with Crippen LogP contribution in [0.3, 0.4) is 0 Å². The van der Waals surface area contributed by atoms with Crippen LogP contribution in [0, 0.1) is 0 Å². The molecule has 8 nitrogen and oxygen atoms in total. The summed E-state index contributed by atoms with van der Waals surface area (Å²) in [5.41, 5.74) is 0. The Morgan fingerprint density at radius 3 is 3.00 bits per heavy atom. The van der Waals surface area contributed by atoms with Gasteiger partial charge in [0.25, 0.3) is 11.7 Å². The van der Waals surface area contributed by atoms with E-state index in [1.54, 1.807) is 0 Å². The van der Waals surface area contributed by atoms with Crippen LogP contribution in [0.25, 0.3) is 0 Å². The van der Waals surface area contributed by atoms with Crippen LogP contribution in [-0.4, -0.2) is 53.5 Å². The number of amides is 2. The van der Waals surface area contributed by atoms with Gasteiger partial charge in [0.1, 0.15) is 0 Å². The predicted octanol–water partition coefficient (Wildman–Crippen LogP) is 0.0923. The second kappa shape index (κ2) is 7.16. The smallest absolute Gasteiger partial charge is 0.295 e. The number of nitrogens with zero attached hydrogens (tertiary/aromatic N) is 3. The second-order valence-electron chi connectivity index (χ2n) is 5.12. The molecule has 0 saturated carbocycles. The Kier molecular flexibility index (Phi) is 5.26. The van der Waals surface area contributed by atoms with Crippen molar-refractivity contribution in [1.29, 1.82) is 0 Å². The summed E-state index contributed by atoms with van der Waals surface area (Å²) in [6.07, 6.45) is 2.82. The molecule has 1 unspecified atom stereocenters. The van der Waals surface area contributed by atoms with E-state index in [1.807, 2.05) is 6.92 Å². The molecule has 0 aliphatic carbocycles. The lowest BCUT2D eigenvalue weighted by Crippen LogP contribution is -2.39. The lowest BCUT2D eigenvalue weighted by molar-refractivity contribution is -0.121. The largest absolute Gasteiger partial charge is 0.355 e. The maximum absolute atomic E-state index is 12.1. The third kappa shape index (κ3) is 4.01. The van der Waals surface area contributed by atoms with Crippen LogP contribution in [-0.2, 0) is 4.79 Å². The number of likely N-dealkylation sites (N-methyl/N-ethyl adjacent to an activating group) is 1. The number of hydrogen-bond acceptors (Lipinski definition) is 6. The molecule has 0 spiro atoms. The zero-order valence-corrected chi connectivity index (χ0v) is 12.4. The zero-order chi connectivity index (χ0) is 15.2. The molecule has 1 fully saturated rings. The van der Waals surface area contributed by atoms with E-state index in [1.165, 1.54) is 11.9 Å². The topological polar surface area (TPSA) is 100 Å². The number of carbonyl (C=O) groups is 2. The molecule has 1 aromatic rings. The summed E-state index contributed by atoms with van der Waals surface area (Å²) >= 11 is 0. The van der Waals surface area contributed by atoms with Crippen molar-refractivity contribution in [1.82, 2.24) is 25.7 Å². The number of carbonyl (C=O) groups excluding carboxylic acids is 2. The highest BCUT2D eigenvalue weighted by molar-refractivity contribution is 5.93. The average molecular weight is 295 g/mol. The maximum Gasteiger partial charge on any atom is 0.295 e. The van der Waals surface area contributed by atoms with E-state index in [-0.39, 0.29) is 24.3 Å². The first-order chi connectivity index (χ1) is 10.1. The number of rotatable bonds is 6. The van der Waals surface area contributed by atoms with Crippen LogP contribution in [0.15, 0.2) is 4.52 Å². The molecule has 2 rings (SSSR count). The quantitative estimate of drug-likeness (QED) is 0.771. The van der Waals surface area contributed by atoms with Crippen molar-refractivity contribution in [2.24, 2.45) is 0 Å². The minimum Gasteiger partial charge on any atom is -0.355 e. The molecule has 21 heavy (non-hydrogen) atoms. The molecule has 2 heterocycles. The molecule has 1 saturated heterocycles. The van der Waals surface area contributed by atoms with Gasteiger partial charge in [-0.2, -0.15) is 4.98 Å². The number of aromatic nitrogens is 2. The lowest BCUT2D eigenvalue weighted by atomic mass is 10.2. The highest BCUT2D eigenvalue weighted by Gasteiger charge is 2.26. The lowest BCUT2D eigenvalue weighted by Gasteiger charge is -2.14. The standard InChI is InChI=1S/C13H21N5O3/c1-3-6-15-10(19)8-18(2)13(20)11-16-12(21-17-11)9-5-4-7-14-9/h9,14H,3-8H2,1-2H3,(H,15,19). The molecule has 0 radical (unpaired) electrons. The van der Waals surface area contributed by atoms with Crippen LogP contribution < -0.4 is 10.6 Å². The Morgan fingerprint density at radius 2 is 2.33 bits per heavy atom. The SMILES string of the molecule is CCCNC(=O)CN(C)C(=O)c1noc(C2CCCN2)n1. The molecule has 0 aromatic carbocycles. The first-order valence-corrected chi connectivity index (χ1v) is 7.21. The van der Waals surface area contributed by atoms with Gasteiger partial charge in [-0.05, 0) is 25.8 Å². The first-order valence-electron chi connectivity index (χ1n) is 7.21. The Bertz CT molecular complexity index is 496. The van der Waals surface area contributed by atoms with Gasteiger partial charge in [-0.1, -0.05) is 12.1 Å². The van der Waals surface area contributed by atoms with Crippen molar-refractivity contribution in [2.45, 2.75) is 32.2 Å². The molecule has 1 aliphatic rings. The Morgan fingerprint density at radius 1 is 1.52 bits per heavy atom. The fraction of sp³-hybridized carbons (Fsp3) is 0.692. The van der Waals surface area contributed by atoms with Gasteiger partial charge in [0, 0.05) is 13.6 Å². The van der Waals surface area contributed by atoms with Gasteiger partial charge in [0.15, 0.2) is 0 Å². The monoisotopic (exact) mass is 295 g/mol. The molecular weight excluding hydrogens is 274 g/mol. The van der Waals surface area contributed by atoms with Crippen molar-refractivity contribution in [3.63, 3.8) is 0 Å². The molecule has 0 bridgehead atoms. The predicted molar refractivity (Wildman–Crippen MR) is 74.5 cm³/mol. The van der Waals surface area contributed by atoms with E-state index >= 15 is 0 Å². The summed E-state index contributed by atoms with van der Waals surface area (Å²) in [6, 6.07) is 0.0252. The van der Waals surface area contributed by atoms with Gasteiger partial charge >= 0.3 is 0 Å². The van der Waals surface area contributed by atoms with Gasteiger partial charge in [-0.15, -0.1) is 0 Å². The molecule has 2 N–H and O–H groups in total. The molecular formula is C13H21N5O3. The van der Waals surface area contributed by atoms with E-state index in [2.05, 4.69) is 20.8 Å². The fourth-order valence-electron chi connectivity index (χ4n) is 2.14. The highest BCUT2D eigenvalue weighted by Crippen LogP contribution is 2.21. The first kappa shape index (κ1) is 15.4. The van der Waals surface area contributed by atoms with Crippen molar-refractivity contribution < 1.29 is 14.1 Å². The summed E-state index contributed by atoms with van der Waals surface area (Å²) in [5.74, 6) is -0.201. The van der Waals surface area contributed by atoms with Crippen molar-refractivity contribution >= 4 is 11.8 Å². The summed E-state index contributed by atoms with van der Waals surface area (Å²) in [6.45, 7) is 3.45. The van der Waals surface area contributed by atoms with Crippen LogP contribution >= 0.6 is 0 Å². The number of nitrogens with one attached hydrogen (secondary N) is 2. The molecule has 2 amide bonds. The van der Waals surface area contributed by atoms with Crippen LogP contribution in [0.2, 0.25) is 0 Å². The fourth-order valence-corrected chi connectivity index (χ4v) is 2.14. The molecule has 1 aliphatic heterocycles. The second-order valence-corrected chi connectivity index (χ2v) is 5.12. The molecule has 8 heteroatoms. The highest BCUT2D eigenvalue weighted by atomic mass is 16.5. The molecule has 1 atom stereocenters. The minimum atomic E-state index is -0.422. The normalized spacial score (nSPS) is 17.7. The van der Waals surface area contributed by atoms with E-state index in [4.69, 9.17) is 4.52 Å². The van der Waals surface area contributed by atoms with E-state index < -0.39 is 5.91 Å². The van der Waals surface area contributed by atoms with Gasteiger partial charge < -0.3 is 20.1 Å². The van der Waals surface area contributed by atoms with E-state index in [9.17, 15) is 9.59 Å². The summed E-state index contributed by atoms with van der Waals surface area (Å²) < 4.78 is 5.12. The summed E-state index contributed by atoms with van der Waals surface area (Å²) in [7, 11) is 1.54. The minimum absolute atomic E-state index is 0.00973. The average Bonchev–Trinajstić information content (AvgIpc) is 3.14. The van der Waals surface area contributed by atoms with Gasteiger partial charge in [0.2, 0.25) is 11.8 Å². The van der Waals surface area contributed by atoms with Crippen LogP contribution in [0.4, 0.5) is 0 Å². The van der Waals surface area contributed by atoms with Crippen molar-refractivity contribution in [2.75, 3.05) is 26.7 Å². The maximum atomic E-state index is 12.1. The third-order valence-corrected chi connectivity index (χ3v) is 3.29. The summed E-state index contributed by atoms with van der Waals surface area (Å²) in [5, 5.41) is 9.64. The number of hydrogen-bond donors (Lipinski definition) is 2. The van der Waals surface area contributed by atoms with Crippen LogP contribution in [0.1, 0.15) is 48.7 Å².